The van der Waals surface area contributed by atoms with Gasteiger partial charge >= 0.3 is 0 Å². The summed E-state index contributed by atoms with van der Waals surface area (Å²) < 4.78 is 0. The second-order valence-corrected chi connectivity index (χ2v) is 7.76. The van der Waals surface area contributed by atoms with E-state index < -0.39 is 0 Å². The Morgan fingerprint density at radius 3 is 2.92 bits per heavy atom. The molecular weight excluding hydrogens is 348 g/mol. The van der Waals surface area contributed by atoms with E-state index in [1.165, 1.54) is 11.1 Å². The van der Waals surface area contributed by atoms with Crippen LogP contribution in [-0.4, -0.2) is 10.9 Å². The van der Waals surface area contributed by atoms with Gasteiger partial charge in [0.15, 0.2) is 0 Å². The summed E-state index contributed by atoms with van der Waals surface area (Å²) in [7, 11) is 0. The summed E-state index contributed by atoms with van der Waals surface area (Å²) in [5.74, 6) is 0.781. The Labute approximate surface area is 155 Å². The van der Waals surface area contributed by atoms with Crippen LogP contribution in [-0.2, 0) is 12.2 Å². The molecular formula is C20H18N2OS2. The summed E-state index contributed by atoms with van der Waals surface area (Å²) in [6.07, 6.45) is 2.00. The van der Waals surface area contributed by atoms with Gasteiger partial charge in [-0.15, -0.1) is 23.1 Å². The lowest BCUT2D eigenvalue weighted by Gasteiger charge is -2.15. The normalized spacial score (nSPS) is 15.8. The van der Waals surface area contributed by atoms with Crippen LogP contribution in [0.2, 0.25) is 0 Å². The molecule has 1 amide bonds. The number of thioether (sulfide) groups is 1. The molecule has 1 atom stereocenters. The van der Waals surface area contributed by atoms with Gasteiger partial charge in [0.2, 0.25) is 0 Å². The van der Waals surface area contributed by atoms with Gasteiger partial charge in [-0.1, -0.05) is 36.4 Å². The first kappa shape index (κ1) is 16.4. The van der Waals surface area contributed by atoms with E-state index in [-0.39, 0.29) is 11.9 Å². The van der Waals surface area contributed by atoms with Crippen LogP contribution in [0.3, 0.4) is 0 Å². The molecule has 0 bridgehead atoms. The van der Waals surface area contributed by atoms with E-state index in [2.05, 4.69) is 28.5 Å². The van der Waals surface area contributed by atoms with Gasteiger partial charge in [-0.05, 0) is 36.1 Å². The van der Waals surface area contributed by atoms with Crippen LogP contribution in [0.5, 0.6) is 0 Å². The zero-order valence-electron chi connectivity index (χ0n) is 13.6. The van der Waals surface area contributed by atoms with Crippen LogP contribution in [0.1, 0.15) is 39.6 Å². The molecule has 0 radical (unpaired) electrons. The van der Waals surface area contributed by atoms with Crippen LogP contribution < -0.4 is 5.32 Å². The van der Waals surface area contributed by atoms with Crippen molar-refractivity contribution in [3.8, 4) is 0 Å². The molecule has 0 fully saturated rings. The molecule has 5 heteroatoms. The first-order valence-electron chi connectivity index (χ1n) is 8.29. The molecule has 1 unspecified atom stereocenters. The van der Waals surface area contributed by atoms with Gasteiger partial charge in [-0.2, -0.15) is 0 Å². The third kappa shape index (κ3) is 3.62. The van der Waals surface area contributed by atoms with Crippen molar-refractivity contribution in [3.05, 3.63) is 81.8 Å². The number of aryl methyl sites for hydroxylation is 1. The molecule has 126 valence electrons. The fourth-order valence-corrected chi connectivity index (χ4v) is 4.80. The quantitative estimate of drug-likeness (QED) is 0.656. The lowest BCUT2D eigenvalue weighted by Crippen LogP contribution is -2.27. The molecule has 0 saturated carbocycles. The van der Waals surface area contributed by atoms with Gasteiger partial charge in [-0.25, -0.2) is 4.98 Å². The fraction of sp³-hybridized carbons (Fsp3) is 0.200. The monoisotopic (exact) mass is 366 g/mol. The largest absolute Gasteiger partial charge is 0.345 e. The van der Waals surface area contributed by atoms with Gasteiger partial charge in [-0.3, -0.25) is 4.79 Å². The highest BCUT2D eigenvalue weighted by atomic mass is 32.2. The molecule has 0 spiro atoms. The zero-order valence-corrected chi connectivity index (χ0v) is 15.3. The van der Waals surface area contributed by atoms with Gasteiger partial charge < -0.3 is 5.32 Å². The second-order valence-electron chi connectivity index (χ2n) is 6.03. The SMILES string of the molecule is O=C(NC1CCc2ccccc21)c1ccccc1SCc1cscn1. The highest BCUT2D eigenvalue weighted by Crippen LogP contribution is 2.32. The molecule has 3 aromatic rings. The Balaban J connectivity index is 1.49. The molecule has 0 saturated heterocycles. The Morgan fingerprint density at radius 1 is 1.20 bits per heavy atom. The number of hydrogen-bond acceptors (Lipinski definition) is 4. The third-order valence-electron chi connectivity index (χ3n) is 4.43. The van der Waals surface area contributed by atoms with Crippen LogP contribution in [0.4, 0.5) is 0 Å². The molecule has 1 heterocycles. The standard InChI is InChI=1S/C20H18N2OS2/c23-20(22-18-10-9-14-5-1-2-6-16(14)18)17-7-3-4-8-19(17)25-12-15-11-24-13-21-15/h1-8,11,13,18H,9-10,12H2,(H,22,23). The summed E-state index contributed by atoms with van der Waals surface area (Å²) in [5, 5.41) is 5.27. The van der Waals surface area contributed by atoms with Crippen molar-refractivity contribution in [2.75, 3.05) is 0 Å². The highest BCUT2D eigenvalue weighted by Gasteiger charge is 2.24. The molecule has 2 aromatic carbocycles. The number of rotatable bonds is 5. The number of aromatic nitrogens is 1. The van der Waals surface area contributed by atoms with Gasteiger partial charge in [0, 0.05) is 16.0 Å². The van der Waals surface area contributed by atoms with Crippen molar-refractivity contribution in [2.24, 2.45) is 0 Å². The van der Waals surface area contributed by atoms with E-state index in [1.807, 2.05) is 41.2 Å². The van der Waals surface area contributed by atoms with E-state index in [1.54, 1.807) is 23.1 Å². The summed E-state index contributed by atoms with van der Waals surface area (Å²) in [6.45, 7) is 0. The molecule has 1 N–H and O–H groups in total. The maximum absolute atomic E-state index is 12.9. The number of thiazole rings is 1. The number of carbonyl (C=O) groups excluding carboxylic acids is 1. The smallest absolute Gasteiger partial charge is 0.252 e. The minimum Gasteiger partial charge on any atom is -0.345 e. The summed E-state index contributed by atoms with van der Waals surface area (Å²) in [4.78, 5) is 18.2. The Hall–Kier alpha value is -2.11. The summed E-state index contributed by atoms with van der Waals surface area (Å²) in [6, 6.07) is 16.3. The summed E-state index contributed by atoms with van der Waals surface area (Å²) in [5.41, 5.74) is 6.23. The van der Waals surface area contributed by atoms with Crippen molar-refractivity contribution >= 4 is 29.0 Å². The van der Waals surface area contributed by atoms with Crippen molar-refractivity contribution in [3.63, 3.8) is 0 Å². The van der Waals surface area contributed by atoms with Gasteiger partial charge in [0.25, 0.3) is 5.91 Å². The molecule has 25 heavy (non-hydrogen) atoms. The maximum atomic E-state index is 12.9. The number of nitrogens with zero attached hydrogens (tertiary/aromatic N) is 1. The molecule has 1 aliphatic carbocycles. The van der Waals surface area contributed by atoms with E-state index >= 15 is 0 Å². The number of nitrogens with one attached hydrogen (secondary N) is 1. The minimum absolute atomic E-state index is 0.00285. The van der Waals surface area contributed by atoms with E-state index in [9.17, 15) is 4.79 Å². The molecule has 0 aliphatic heterocycles. The predicted octanol–water partition coefficient (Wildman–Crippen LogP) is 4.85. The molecule has 1 aromatic heterocycles. The van der Waals surface area contributed by atoms with Crippen LogP contribution in [0.25, 0.3) is 0 Å². The number of amides is 1. The minimum atomic E-state index is 0.00285. The number of carbonyl (C=O) groups is 1. The lowest BCUT2D eigenvalue weighted by atomic mass is 10.1. The average molecular weight is 367 g/mol. The molecule has 1 aliphatic rings. The number of hydrogen-bond donors (Lipinski definition) is 1. The van der Waals surface area contributed by atoms with Gasteiger partial charge in [0.05, 0.1) is 22.8 Å². The first-order chi connectivity index (χ1) is 12.3. The Bertz CT molecular complexity index is 877. The van der Waals surface area contributed by atoms with E-state index in [4.69, 9.17) is 0 Å². The number of fused-ring (bicyclic) bond motifs is 1. The van der Waals surface area contributed by atoms with Crippen molar-refractivity contribution in [1.82, 2.24) is 10.3 Å². The summed E-state index contributed by atoms with van der Waals surface area (Å²) >= 11 is 3.26. The fourth-order valence-electron chi connectivity index (χ4n) is 3.18. The van der Waals surface area contributed by atoms with Crippen LogP contribution in [0.15, 0.2) is 64.3 Å². The molecule has 3 nitrogen and oxygen atoms in total. The maximum Gasteiger partial charge on any atom is 0.252 e. The topological polar surface area (TPSA) is 42.0 Å². The van der Waals surface area contributed by atoms with Crippen LogP contribution in [0, 0.1) is 0 Å². The Kier molecular flexibility index (Phi) is 4.85. The average Bonchev–Trinajstić information content (AvgIpc) is 3.30. The lowest BCUT2D eigenvalue weighted by molar-refractivity contribution is 0.0934. The third-order valence-corrected chi connectivity index (χ3v) is 6.17. The molecule has 4 rings (SSSR count). The van der Waals surface area contributed by atoms with Crippen molar-refractivity contribution < 1.29 is 4.79 Å². The predicted molar refractivity (Wildman–Crippen MR) is 103 cm³/mol. The van der Waals surface area contributed by atoms with Crippen LogP contribution >= 0.6 is 23.1 Å². The first-order valence-corrected chi connectivity index (χ1v) is 10.2. The number of benzene rings is 2. The van der Waals surface area contributed by atoms with Crippen molar-refractivity contribution in [2.45, 2.75) is 29.5 Å². The van der Waals surface area contributed by atoms with Gasteiger partial charge in [0.1, 0.15) is 0 Å². The van der Waals surface area contributed by atoms with E-state index in [0.717, 1.165) is 34.7 Å². The highest BCUT2D eigenvalue weighted by molar-refractivity contribution is 7.98. The van der Waals surface area contributed by atoms with Crippen molar-refractivity contribution in [1.29, 1.82) is 0 Å². The Morgan fingerprint density at radius 2 is 2.04 bits per heavy atom. The zero-order chi connectivity index (χ0) is 17.1. The second kappa shape index (κ2) is 7.42. The van der Waals surface area contributed by atoms with E-state index in [0.29, 0.717) is 0 Å².